The molecule has 0 fully saturated rings. The molecule has 94 valence electrons. The van der Waals surface area contributed by atoms with Gasteiger partial charge in [-0.1, -0.05) is 20.8 Å². The SMILES string of the molecule is CCC[N+](CCC)(CCC)CCCO.[I-]. The molecule has 0 saturated heterocycles. The number of hydrogen-bond donors (Lipinski definition) is 1. The van der Waals surface area contributed by atoms with E-state index in [1.807, 2.05) is 0 Å². The van der Waals surface area contributed by atoms with E-state index in [1.54, 1.807) is 0 Å². The fraction of sp³-hybridized carbons (Fsp3) is 1.00. The molecular weight excluding hydrogens is 301 g/mol. The molecule has 0 bridgehead atoms. The highest BCUT2D eigenvalue weighted by atomic mass is 127. The molecule has 0 aromatic rings. The Labute approximate surface area is 113 Å². The van der Waals surface area contributed by atoms with Gasteiger partial charge in [0.05, 0.1) is 26.2 Å². The molecule has 2 nitrogen and oxygen atoms in total. The van der Waals surface area contributed by atoms with Crippen molar-refractivity contribution in [3.05, 3.63) is 0 Å². The smallest absolute Gasteiger partial charge is 0.0808 e. The van der Waals surface area contributed by atoms with Gasteiger partial charge in [-0.2, -0.15) is 0 Å². The van der Waals surface area contributed by atoms with E-state index in [0.717, 1.165) is 13.0 Å². The zero-order chi connectivity index (χ0) is 10.9. The van der Waals surface area contributed by atoms with Gasteiger partial charge < -0.3 is 33.6 Å². The van der Waals surface area contributed by atoms with Crippen LogP contribution in [0.25, 0.3) is 0 Å². The first-order valence-corrected chi connectivity index (χ1v) is 6.20. The predicted octanol–water partition coefficient (Wildman–Crippen LogP) is -0.580. The number of aliphatic hydroxyl groups excluding tert-OH is 1. The van der Waals surface area contributed by atoms with Crippen LogP contribution in [-0.4, -0.2) is 42.4 Å². The molecule has 0 aliphatic carbocycles. The Morgan fingerprint density at radius 3 is 1.47 bits per heavy atom. The summed E-state index contributed by atoms with van der Waals surface area (Å²) >= 11 is 0. The van der Waals surface area contributed by atoms with Crippen molar-refractivity contribution in [2.45, 2.75) is 46.5 Å². The summed E-state index contributed by atoms with van der Waals surface area (Å²) in [5, 5.41) is 8.92. The molecule has 0 aromatic carbocycles. The lowest BCUT2D eigenvalue weighted by atomic mass is 10.2. The Morgan fingerprint density at radius 1 is 0.800 bits per heavy atom. The van der Waals surface area contributed by atoms with Crippen molar-refractivity contribution in [3.8, 4) is 0 Å². The molecule has 3 heteroatoms. The molecule has 0 amide bonds. The normalized spacial score (nSPS) is 11.2. The average Bonchev–Trinajstić information content (AvgIpc) is 2.16. The van der Waals surface area contributed by atoms with Crippen molar-refractivity contribution in [2.24, 2.45) is 0 Å². The summed E-state index contributed by atoms with van der Waals surface area (Å²) in [6, 6.07) is 0. The van der Waals surface area contributed by atoms with Gasteiger partial charge in [0.1, 0.15) is 0 Å². The lowest BCUT2D eigenvalue weighted by Crippen LogP contribution is -3.00. The van der Waals surface area contributed by atoms with Crippen molar-refractivity contribution in [2.75, 3.05) is 32.8 Å². The third-order valence-corrected chi connectivity index (χ3v) is 2.88. The van der Waals surface area contributed by atoms with E-state index in [9.17, 15) is 0 Å². The Balaban J connectivity index is 0. The molecule has 0 aliphatic heterocycles. The largest absolute Gasteiger partial charge is 1.00 e. The molecule has 0 atom stereocenters. The third-order valence-electron chi connectivity index (χ3n) is 2.88. The van der Waals surface area contributed by atoms with Crippen molar-refractivity contribution in [1.82, 2.24) is 0 Å². The lowest BCUT2D eigenvalue weighted by Gasteiger charge is -2.38. The Hall–Kier alpha value is 0.650. The standard InChI is InChI=1S/C12H28NO.HI/c1-4-8-13(9-5-2,10-6-3)11-7-12-14;/h14H,4-12H2,1-3H3;1H/q+1;/p-1. The number of halogens is 1. The van der Waals surface area contributed by atoms with Crippen LogP contribution in [0.15, 0.2) is 0 Å². The lowest BCUT2D eigenvalue weighted by molar-refractivity contribution is -0.928. The Kier molecular flexibility index (Phi) is 13.4. The average molecular weight is 329 g/mol. The highest BCUT2D eigenvalue weighted by Gasteiger charge is 2.23. The van der Waals surface area contributed by atoms with Gasteiger partial charge in [-0.15, -0.1) is 0 Å². The molecule has 0 radical (unpaired) electrons. The van der Waals surface area contributed by atoms with E-state index in [-0.39, 0.29) is 24.0 Å². The van der Waals surface area contributed by atoms with Gasteiger partial charge in [-0.3, -0.25) is 0 Å². The quantitative estimate of drug-likeness (QED) is 0.443. The summed E-state index contributed by atoms with van der Waals surface area (Å²) in [4.78, 5) is 0. The van der Waals surface area contributed by atoms with Crippen LogP contribution in [0.3, 0.4) is 0 Å². The van der Waals surface area contributed by atoms with Crippen LogP contribution in [0, 0.1) is 0 Å². The topological polar surface area (TPSA) is 20.2 Å². The van der Waals surface area contributed by atoms with E-state index < -0.39 is 0 Å². The van der Waals surface area contributed by atoms with Gasteiger partial charge in [0.2, 0.25) is 0 Å². The van der Waals surface area contributed by atoms with Crippen LogP contribution in [0.2, 0.25) is 0 Å². The molecule has 0 unspecified atom stereocenters. The van der Waals surface area contributed by atoms with Crippen LogP contribution in [0.4, 0.5) is 0 Å². The molecule has 15 heavy (non-hydrogen) atoms. The molecule has 0 aromatic heterocycles. The molecule has 1 N–H and O–H groups in total. The van der Waals surface area contributed by atoms with Crippen LogP contribution in [-0.2, 0) is 0 Å². The van der Waals surface area contributed by atoms with E-state index in [1.165, 1.54) is 43.4 Å². The first-order valence-electron chi connectivity index (χ1n) is 6.20. The third kappa shape index (κ3) is 7.53. The summed E-state index contributed by atoms with van der Waals surface area (Å²) in [7, 11) is 0. The summed E-state index contributed by atoms with van der Waals surface area (Å²) in [6.07, 6.45) is 4.72. The second kappa shape index (κ2) is 11.1. The van der Waals surface area contributed by atoms with Gasteiger partial charge in [0.25, 0.3) is 0 Å². The van der Waals surface area contributed by atoms with Crippen LogP contribution < -0.4 is 24.0 Å². The molecule has 0 spiro atoms. The van der Waals surface area contributed by atoms with Crippen molar-refractivity contribution in [3.63, 3.8) is 0 Å². The second-order valence-electron chi connectivity index (χ2n) is 4.31. The summed E-state index contributed by atoms with van der Waals surface area (Å²) in [5.74, 6) is 0. The number of aliphatic hydroxyl groups is 1. The van der Waals surface area contributed by atoms with Gasteiger partial charge in [0, 0.05) is 13.0 Å². The minimum atomic E-state index is 0. The predicted molar refractivity (Wildman–Crippen MR) is 62.3 cm³/mol. The van der Waals surface area contributed by atoms with Crippen molar-refractivity contribution < 1.29 is 33.6 Å². The molecule has 0 heterocycles. The van der Waals surface area contributed by atoms with Gasteiger partial charge in [0.15, 0.2) is 0 Å². The zero-order valence-electron chi connectivity index (χ0n) is 10.6. The van der Waals surface area contributed by atoms with Crippen molar-refractivity contribution in [1.29, 1.82) is 0 Å². The number of rotatable bonds is 9. The molecular formula is C12H28INO. The first kappa shape index (κ1) is 18.0. The number of quaternary nitrogens is 1. The maximum Gasteiger partial charge on any atom is 0.0808 e. The van der Waals surface area contributed by atoms with Gasteiger partial charge >= 0.3 is 0 Å². The zero-order valence-corrected chi connectivity index (χ0v) is 12.8. The summed E-state index contributed by atoms with van der Waals surface area (Å²) < 4.78 is 1.23. The van der Waals surface area contributed by atoms with Crippen molar-refractivity contribution >= 4 is 0 Å². The Bertz CT molecular complexity index is 114. The van der Waals surface area contributed by atoms with Crippen LogP contribution in [0.5, 0.6) is 0 Å². The monoisotopic (exact) mass is 329 g/mol. The summed E-state index contributed by atoms with van der Waals surface area (Å²) in [6.45, 7) is 12.1. The summed E-state index contributed by atoms with van der Waals surface area (Å²) in [5.41, 5.74) is 0. The van der Waals surface area contributed by atoms with Crippen LogP contribution >= 0.6 is 0 Å². The Morgan fingerprint density at radius 2 is 1.20 bits per heavy atom. The van der Waals surface area contributed by atoms with E-state index in [4.69, 9.17) is 5.11 Å². The number of hydrogen-bond acceptors (Lipinski definition) is 1. The first-order chi connectivity index (χ1) is 6.74. The van der Waals surface area contributed by atoms with E-state index in [0.29, 0.717) is 6.61 Å². The highest BCUT2D eigenvalue weighted by Crippen LogP contribution is 2.12. The van der Waals surface area contributed by atoms with Gasteiger partial charge in [-0.25, -0.2) is 0 Å². The minimum absolute atomic E-state index is 0. The molecule has 0 aliphatic rings. The maximum absolute atomic E-state index is 8.92. The van der Waals surface area contributed by atoms with Gasteiger partial charge in [-0.05, 0) is 19.3 Å². The molecule has 0 rings (SSSR count). The van der Waals surface area contributed by atoms with E-state index in [2.05, 4.69) is 20.8 Å². The minimum Gasteiger partial charge on any atom is -1.00 e. The highest BCUT2D eigenvalue weighted by molar-refractivity contribution is 4.45. The fourth-order valence-corrected chi connectivity index (χ4v) is 2.50. The second-order valence-corrected chi connectivity index (χ2v) is 4.31. The maximum atomic E-state index is 8.92. The molecule has 0 saturated carbocycles. The van der Waals surface area contributed by atoms with Crippen LogP contribution in [0.1, 0.15) is 46.5 Å². The number of nitrogens with zero attached hydrogens (tertiary/aromatic N) is 1. The van der Waals surface area contributed by atoms with E-state index >= 15 is 0 Å². The fourth-order valence-electron chi connectivity index (χ4n) is 2.50.